The van der Waals surface area contributed by atoms with Gasteiger partial charge < -0.3 is 9.31 Å². The van der Waals surface area contributed by atoms with Gasteiger partial charge in [-0.15, -0.1) is 0 Å². The Morgan fingerprint density at radius 1 is 1.35 bits per heavy atom. The normalized spacial score (nSPS) is 23.6. The van der Waals surface area contributed by atoms with Gasteiger partial charge in [0, 0.05) is 6.61 Å². The summed E-state index contributed by atoms with van der Waals surface area (Å²) in [5.74, 6) is -0.520. The van der Waals surface area contributed by atoms with Gasteiger partial charge in [-0.05, 0) is 28.7 Å². The Kier molecular flexibility index (Phi) is 3.74. The molecule has 0 amide bonds. The van der Waals surface area contributed by atoms with E-state index in [-0.39, 0.29) is 6.61 Å². The molecule has 0 aromatic heterocycles. The summed E-state index contributed by atoms with van der Waals surface area (Å²) in [6.07, 6.45) is 0.995. The van der Waals surface area contributed by atoms with E-state index >= 15 is 0 Å². The first-order valence-corrected chi connectivity index (χ1v) is 5.74. The standard InChI is InChI=1S/C11H12B4O2/c1-2-8-3-5-9(6-4-8)15-16-7-10(12)11(13,14)17-15/h3-6,10H,2,7H2,1H3. The Morgan fingerprint density at radius 2 is 2.00 bits per heavy atom. The van der Waals surface area contributed by atoms with Crippen molar-refractivity contribution in [2.24, 2.45) is 0 Å². The minimum Gasteiger partial charge on any atom is -0.420 e. The summed E-state index contributed by atoms with van der Waals surface area (Å²) in [7, 11) is 16.7. The number of benzene rings is 1. The summed E-state index contributed by atoms with van der Waals surface area (Å²) in [6, 6.07) is 7.98. The van der Waals surface area contributed by atoms with Gasteiger partial charge in [0.05, 0.1) is 23.5 Å². The summed E-state index contributed by atoms with van der Waals surface area (Å²) in [5, 5.41) is -1.34. The molecule has 0 N–H and O–H groups in total. The molecule has 1 saturated heterocycles. The van der Waals surface area contributed by atoms with Gasteiger partial charge in [-0.2, -0.15) is 0 Å². The van der Waals surface area contributed by atoms with E-state index in [1.54, 1.807) is 0 Å². The van der Waals surface area contributed by atoms with E-state index in [0.717, 1.165) is 11.9 Å². The molecule has 1 atom stereocenters. The lowest BCUT2D eigenvalue weighted by Crippen LogP contribution is -2.55. The van der Waals surface area contributed by atoms with Crippen LogP contribution in [0.4, 0.5) is 0 Å². The highest BCUT2D eigenvalue weighted by atomic mass is 16.6. The molecule has 6 heteroatoms. The summed E-state index contributed by atoms with van der Waals surface area (Å²) >= 11 is 0. The molecular formula is C11H12B4O2. The fourth-order valence-electron chi connectivity index (χ4n) is 1.70. The van der Waals surface area contributed by atoms with Crippen molar-refractivity contribution in [3.05, 3.63) is 29.8 Å². The highest BCUT2D eigenvalue weighted by Gasteiger charge is 2.37. The predicted molar refractivity (Wildman–Crippen MR) is 72.0 cm³/mol. The first-order valence-electron chi connectivity index (χ1n) is 5.74. The van der Waals surface area contributed by atoms with Crippen LogP contribution in [0.25, 0.3) is 0 Å². The van der Waals surface area contributed by atoms with E-state index in [1.807, 2.05) is 24.3 Å². The highest BCUT2D eigenvalue weighted by molar-refractivity contribution is 6.63. The predicted octanol–water partition coefficient (Wildman–Crippen LogP) is -0.0612. The minimum atomic E-state index is -1.34. The molecule has 0 saturated carbocycles. The molecule has 17 heavy (non-hydrogen) atoms. The Bertz CT molecular complexity index is 380. The molecule has 6 radical (unpaired) electrons. The lowest BCUT2D eigenvalue weighted by molar-refractivity contribution is 0.0965. The summed E-state index contributed by atoms with van der Waals surface area (Å²) in [5.41, 5.74) is 2.15. The van der Waals surface area contributed by atoms with Crippen LogP contribution in [0.15, 0.2) is 24.3 Å². The molecule has 0 aliphatic carbocycles. The van der Waals surface area contributed by atoms with Crippen molar-refractivity contribution in [3.8, 4) is 0 Å². The molecule has 1 aromatic rings. The molecule has 1 aliphatic rings. The second kappa shape index (κ2) is 4.95. The molecule has 1 aliphatic heterocycles. The number of aryl methyl sites for hydroxylation is 1. The van der Waals surface area contributed by atoms with E-state index in [9.17, 15) is 0 Å². The molecule has 2 nitrogen and oxygen atoms in total. The van der Waals surface area contributed by atoms with Crippen LogP contribution >= 0.6 is 0 Å². The van der Waals surface area contributed by atoms with Crippen LogP contribution in [-0.2, 0) is 15.7 Å². The van der Waals surface area contributed by atoms with Crippen LogP contribution in [0.5, 0.6) is 0 Å². The van der Waals surface area contributed by atoms with Crippen molar-refractivity contribution >= 4 is 36.1 Å². The summed E-state index contributed by atoms with van der Waals surface area (Å²) in [6.45, 7) is 2.39. The van der Waals surface area contributed by atoms with Crippen molar-refractivity contribution in [1.82, 2.24) is 0 Å². The first kappa shape index (κ1) is 12.8. The van der Waals surface area contributed by atoms with Crippen LogP contribution in [0.3, 0.4) is 0 Å². The van der Waals surface area contributed by atoms with Crippen LogP contribution in [0.1, 0.15) is 12.5 Å². The van der Waals surface area contributed by atoms with Gasteiger partial charge >= 0.3 is 7.12 Å². The number of hydrogen-bond donors (Lipinski definition) is 0. The van der Waals surface area contributed by atoms with E-state index in [2.05, 4.69) is 6.92 Å². The zero-order chi connectivity index (χ0) is 12.5. The summed E-state index contributed by atoms with van der Waals surface area (Å²) < 4.78 is 10.9. The average Bonchev–Trinajstić information content (AvgIpc) is 2.33. The molecule has 1 heterocycles. The SMILES string of the molecule is [B]C1COB(c2ccc(CC)cc2)OC1([B])[B]. The van der Waals surface area contributed by atoms with Crippen molar-refractivity contribution in [2.45, 2.75) is 24.6 Å². The largest absolute Gasteiger partial charge is 0.492 e. The van der Waals surface area contributed by atoms with Gasteiger partial charge in [-0.3, -0.25) is 0 Å². The molecule has 2 rings (SSSR count). The monoisotopic (exact) mass is 220 g/mol. The molecular weight excluding hydrogens is 207 g/mol. The van der Waals surface area contributed by atoms with Gasteiger partial charge in [0.2, 0.25) is 0 Å². The lowest BCUT2D eigenvalue weighted by atomic mass is 9.50. The second-order valence-electron chi connectivity index (χ2n) is 4.34. The smallest absolute Gasteiger partial charge is 0.420 e. The van der Waals surface area contributed by atoms with Crippen molar-refractivity contribution in [2.75, 3.05) is 6.61 Å². The molecule has 1 aromatic carbocycles. The van der Waals surface area contributed by atoms with Crippen LogP contribution in [-0.4, -0.2) is 42.7 Å². The average molecular weight is 219 g/mol. The highest BCUT2D eigenvalue weighted by Crippen LogP contribution is 2.24. The Labute approximate surface area is 107 Å². The fourth-order valence-corrected chi connectivity index (χ4v) is 1.70. The Morgan fingerprint density at radius 3 is 2.53 bits per heavy atom. The Balaban J connectivity index is 2.12. The molecule has 0 spiro atoms. The van der Waals surface area contributed by atoms with Gasteiger partial charge in [0.1, 0.15) is 0 Å². The van der Waals surface area contributed by atoms with Crippen molar-refractivity contribution in [1.29, 1.82) is 0 Å². The van der Waals surface area contributed by atoms with E-state index in [4.69, 9.17) is 32.8 Å². The van der Waals surface area contributed by atoms with E-state index < -0.39 is 18.3 Å². The third kappa shape index (κ3) is 2.80. The molecule has 80 valence electrons. The van der Waals surface area contributed by atoms with Gasteiger partial charge in [0.15, 0.2) is 0 Å². The summed E-state index contributed by atoms with van der Waals surface area (Å²) in [4.78, 5) is 0. The lowest BCUT2D eigenvalue weighted by Gasteiger charge is -2.41. The van der Waals surface area contributed by atoms with Gasteiger partial charge in [-0.1, -0.05) is 31.2 Å². The van der Waals surface area contributed by atoms with Crippen molar-refractivity contribution in [3.63, 3.8) is 0 Å². The maximum Gasteiger partial charge on any atom is 0.492 e. The van der Waals surface area contributed by atoms with Crippen molar-refractivity contribution < 1.29 is 9.31 Å². The molecule has 1 unspecified atom stereocenters. The van der Waals surface area contributed by atoms with Crippen LogP contribution in [0, 0.1) is 0 Å². The maximum absolute atomic E-state index is 5.76. The van der Waals surface area contributed by atoms with E-state index in [1.165, 1.54) is 5.56 Å². The Hall–Kier alpha value is -0.600. The molecule has 0 bridgehead atoms. The zero-order valence-corrected chi connectivity index (χ0v) is 9.93. The zero-order valence-electron chi connectivity index (χ0n) is 9.93. The fraction of sp³-hybridized carbons (Fsp3) is 0.455. The van der Waals surface area contributed by atoms with Gasteiger partial charge in [-0.25, -0.2) is 0 Å². The molecule has 1 fully saturated rings. The van der Waals surface area contributed by atoms with Crippen LogP contribution in [0.2, 0.25) is 5.82 Å². The quantitative estimate of drug-likeness (QED) is 0.649. The third-order valence-corrected chi connectivity index (χ3v) is 2.98. The van der Waals surface area contributed by atoms with E-state index in [0.29, 0.717) is 0 Å². The maximum atomic E-state index is 5.76. The minimum absolute atomic E-state index is 0.285. The number of hydrogen-bond acceptors (Lipinski definition) is 2. The van der Waals surface area contributed by atoms with Crippen LogP contribution < -0.4 is 5.46 Å². The number of rotatable bonds is 2. The second-order valence-corrected chi connectivity index (χ2v) is 4.34. The first-order chi connectivity index (χ1) is 8.03. The topological polar surface area (TPSA) is 18.5 Å². The third-order valence-electron chi connectivity index (χ3n) is 2.98. The van der Waals surface area contributed by atoms with Gasteiger partial charge in [0.25, 0.3) is 0 Å².